The zero-order valence-electron chi connectivity index (χ0n) is 13.5. The van der Waals surface area contributed by atoms with Crippen molar-refractivity contribution >= 4 is 16.8 Å². The summed E-state index contributed by atoms with van der Waals surface area (Å²) in [5, 5.41) is 3.84. The van der Waals surface area contributed by atoms with Gasteiger partial charge in [0.15, 0.2) is 6.61 Å². The summed E-state index contributed by atoms with van der Waals surface area (Å²) in [6, 6.07) is 15.5. The molecule has 124 valence electrons. The molecule has 5 heteroatoms. The highest BCUT2D eigenvalue weighted by molar-refractivity contribution is 5.86. The van der Waals surface area contributed by atoms with Crippen LogP contribution in [0.2, 0.25) is 0 Å². The second-order valence-electron chi connectivity index (χ2n) is 5.43. The number of hydrogen-bond donors (Lipinski definition) is 2. The maximum absolute atomic E-state index is 11.9. The number of hydrogen-bond acceptors (Lipinski definition) is 3. The van der Waals surface area contributed by atoms with Gasteiger partial charge in [-0.05, 0) is 42.3 Å². The molecule has 0 aliphatic heterocycles. The quantitative estimate of drug-likeness (QED) is 0.702. The van der Waals surface area contributed by atoms with Crippen LogP contribution in [0.1, 0.15) is 5.56 Å². The molecule has 0 aliphatic rings. The van der Waals surface area contributed by atoms with Crippen molar-refractivity contribution in [2.45, 2.75) is 6.42 Å². The van der Waals surface area contributed by atoms with E-state index in [-0.39, 0.29) is 12.5 Å². The van der Waals surface area contributed by atoms with Gasteiger partial charge in [-0.3, -0.25) is 4.79 Å². The van der Waals surface area contributed by atoms with Gasteiger partial charge in [-0.15, -0.1) is 0 Å². The van der Waals surface area contributed by atoms with Gasteiger partial charge in [0.05, 0.1) is 7.11 Å². The lowest BCUT2D eigenvalue weighted by Gasteiger charge is -2.09. The first-order valence-electron chi connectivity index (χ1n) is 7.85. The molecule has 0 atom stereocenters. The van der Waals surface area contributed by atoms with E-state index in [0.29, 0.717) is 12.3 Å². The van der Waals surface area contributed by atoms with Crippen molar-refractivity contribution < 1.29 is 14.3 Å². The van der Waals surface area contributed by atoms with Gasteiger partial charge < -0.3 is 19.8 Å². The lowest BCUT2D eigenvalue weighted by atomic mass is 10.1. The first-order valence-corrected chi connectivity index (χ1v) is 7.85. The molecule has 2 aromatic carbocycles. The van der Waals surface area contributed by atoms with Crippen molar-refractivity contribution in [1.29, 1.82) is 0 Å². The van der Waals surface area contributed by atoms with Gasteiger partial charge >= 0.3 is 0 Å². The third kappa shape index (κ3) is 3.87. The molecule has 0 saturated carbocycles. The zero-order chi connectivity index (χ0) is 16.8. The molecule has 0 unspecified atom stereocenters. The summed E-state index contributed by atoms with van der Waals surface area (Å²) >= 11 is 0. The SMILES string of the molecule is COc1ccc(CCNC(=O)COc2cccc3[nH]ccc23)cc1. The van der Waals surface area contributed by atoms with E-state index in [0.717, 1.165) is 28.6 Å². The largest absolute Gasteiger partial charge is 0.497 e. The summed E-state index contributed by atoms with van der Waals surface area (Å²) in [6.45, 7) is 0.579. The predicted octanol–water partition coefficient (Wildman–Crippen LogP) is 2.91. The number of nitrogens with one attached hydrogen (secondary N) is 2. The van der Waals surface area contributed by atoms with E-state index in [1.807, 2.05) is 54.7 Å². The number of fused-ring (bicyclic) bond motifs is 1. The molecule has 5 nitrogen and oxygen atoms in total. The molecule has 0 fully saturated rings. The fraction of sp³-hybridized carbons (Fsp3) is 0.211. The summed E-state index contributed by atoms with van der Waals surface area (Å²) < 4.78 is 10.7. The van der Waals surface area contributed by atoms with Gasteiger partial charge in [0, 0.05) is 23.6 Å². The molecule has 1 amide bonds. The number of H-pyrrole nitrogens is 1. The Kier molecular flexibility index (Phi) is 5.01. The Morgan fingerprint density at radius 2 is 1.96 bits per heavy atom. The van der Waals surface area contributed by atoms with Crippen LogP contribution in [-0.2, 0) is 11.2 Å². The van der Waals surface area contributed by atoms with Gasteiger partial charge in [0.1, 0.15) is 11.5 Å². The number of aromatic amines is 1. The summed E-state index contributed by atoms with van der Waals surface area (Å²) in [7, 11) is 1.64. The molecule has 2 N–H and O–H groups in total. The Morgan fingerprint density at radius 1 is 1.12 bits per heavy atom. The summed E-state index contributed by atoms with van der Waals surface area (Å²) in [6.07, 6.45) is 2.62. The lowest BCUT2D eigenvalue weighted by molar-refractivity contribution is -0.123. The van der Waals surface area contributed by atoms with Crippen LogP contribution in [0, 0.1) is 0 Å². The molecule has 0 saturated heterocycles. The Labute approximate surface area is 140 Å². The number of carbonyl (C=O) groups is 1. The van der Waals surface area contributed by atoms with Crippen molar-refractivity contribution in [2.75, 3.05) is 20.3 Å². The van der Waals surface area contributed by atoms with Crippen molar-refractivity contribution in [1.82, 2.24) is 10.3 Å². The molecular weight excluding hydrogens is 304 g/mol. The summed E-state index contributed by atoms with van der Waals surface area (Å²) in [4.78, 5) is 15.0. The number of rotatable bonds is 7. The molecule has 1 heterocycles. The number of ether oxygens (including phenoxy) is 2. The van der Waals surface area contributed by atoms with Crippen LogP contribution in [0.3, 0.4) is 0 Å². The van der Waals surface area contributed by atoms with Crippen LogP contribution in [0.15, 0.2) is 54.7 Å². The number of aromatic nitrogens is 1. The normalized spacial score (nSPS) is 10.5. The molecule has 24 heavy (non-hydrogen) atoms. The fourth-order valence-electron chi connectivity index (χ4n) is 2.52. The first-order chi connectivity index (χ1) is 11.8. The fourth-order valence-corrected chi connectivity index (χ4v) is 2.52. The average molecular weight is 324 g/mol. The zero-order valence-corrected chi connectivity index (χ0v) is 13.5. The highest BCUT2D eigenvalue weighted by Crippen LogP contribution is 2.24. The van der Waals surface area contributed by atoms with E-state index in [1.165, 1.54) is 0 Å². The monoisotopic (exact) mass is 324 g/mol. The first kappa shape index (κ1) is 15.9. The smallest absolute Gasteiger partial charge is 0.257 e. The number of methoxy groups -OCH3 is 1. The Morgan fingerprint density at radius 3 is 2.75 bits per heavy atom. The second-order valence-corrected chi connectivity index (χ2v) is 5.43. The Bertz CT molecular complexity index is 809. The predicted molar refractivity (Wildman–Crippen MR) is 93.5 cm³/mol. The number of amides is 1. The number of benzene rings is 2. The van der Waals surface area contributed by atoms with E-state index in [9.17, 15) is 4.79 Å². The minimum absolute atomic E-state index is 0.00685. The van der Waals surface area contributed by atoms with Crippen molar-refractivity contribution in [3.05, 3.63) is 60.3 Å². The van der Waals surface area contributed by atoms with Crippen molar-refractivity contribution in [2.24, 2.45) is 0 Å². The van der Waals surface area contributed by atoms with Gasteiger partial charge in [-0.25, -0.2) is 0 Å². The van der Waals surface area contributed by atoms with E-state index in [1.54, 1.807) is 7.11 Å². The van der Waals surface area contributed by atoms with Crippen LogP contribution in [0.25, 0.3) is 10.9 Å². The molecule has 3 aromatic rings. The molecule has 0 radical (unpaired) electrons. The van der Waals surface area contributed by atoms with Crippen LogP contribution >= 0.6 is 0 Å². The summed E-state index contributed by atoms with van der Waals surface area (Å²) in [5.41, 5.74) is 2.14. The van der Waals surface area contributed by atoms with Crippen molar-refractivity contribution in [3.8, 4) is 11.5 Å². The maximum Gasteiger partial charge on any atom is 0.257 e. The van der Waals surface area contributed by atoms with E-state index >= 15 is 0 Å². The Hall–Kier alpha value is -2.95. The maximum atomic E-state index is 11.9. The van der Waals surface area contributed by atoms with Crippen LogP contribution in [-0.4, -0.2) is 31.2 Å². The average Bonchev–Trinajstić information content (AvgIpc) is 3.10. The molecule has 0 aliphatic carbocycles. The molecule has 0 spiro atoms. The highest BCUT2D eigenvalue weighted by Gasteiger charge is 2.06. The topological polar surface area (TPSA) is 63.4 Å². The molecular formula is C19H20N2O3. The van der Waals surface area contributed by atoms with E-state index in [4.69, 9.17) is 9.47 Å². The standard InChI is InChI=1S/C19H20N2O3/c1-23-15-7-5-14(6-8-15)9-11-21-19(22)13-24-18-4-2-3-17-16(18)10-12-20-17/h2-8,10,12,20H,9,11,13H2,1H3,(H,21,22). The molecule has 0 bridgehead atoms. The molecule has 1 aromatic heterocycles. The van der Waals surface area contributed by atoms with E-state index < -0.39 is 0 Å². The number of carbonyl (C=O) groups excluding carboxylic acids is 1. The van der Waals surface area contributed by atoms with Crippen LogP contribution in [0.5, 0.6) is 11.5 Å². The van der Waals surface area contributed by atoms with Gasteiger partial charge in [0.25, 0.3) is 5.91 Å². The minimum atomic E-state index is -0.129. The highest BCUT2D eigenvalue weighted by atomic mass is 16.5. The van der Waals surface area contributed by atoms with Crippen molar-refractivity contribution in [3.63, 3.8) is 0 Å². The van der Waals surface area contributed by atoms with Crippen LogP contribution < -0.4 is 14.8 Å². The van der Waals surface area contributed by atoms with E-state index in [2.05, 4.69) is 10.3 Å². The van der Waals surface area contributed by atoms with Crippen LogP contribution in [0.4, 0.5) is 0 Å². The third-order valence-corrected chi connectivity index (χ3v) is 3.81. The second kappa shape index (κ2) is 7.55. The van der Waals surface area contributed by atoms with Gasteiger partial charge in [-0.1, -0.05) is 18.2 Å². The molecule has 3 rings (SSSR count). The Balaban J connectivity index is 1.45. The van der Waals surface area contributed by atoms with Gasteiger partial charge in [0.2, 0.25) is 0 Å². The minimum Gasteiger partial charge on any atom is -0.497 e. The van der Waals surface area contributed by atoms with Gasteiger partial charge in [-0.2, -0.15) is 0 Å². The third-order valence-electron chi connectivity index (χ3n) is 3.81. The lowest BCUT2D eigenvalue weighted by Crippen LogP contribution is -2.30. The summed E-state index contributed by atoms with van der Waals surface area (Å²) in [5.74, 6) is 1.41.